The Bertz CT molecular complexity index is 1330. The third kappa shape index (κ3) is 4.84. The fourth-order valence-corrected chi connectivity index (χ4v) is 4.10. The van der Waals surface area contributed by atoms with Crippen LogP contribution in [0.25, 0.3) is 5.82 Å². The topological polar surface area (TPSA) is 86.1 Å². The predicted octanol–water partition coefficient (Wildman–Crippen LogP) is 4.96. The van der Waals surface area contributed by atoms with Gasteiger partial charge in [-0.2, -0.15) is 4.98 Å². The van der Waals surface area contributed by atoms with Crippen molar-refractivity contribution in [2.75, 3.05) is 4.72 Å². The number of nitrogens with zero attached hydrogens (tertiary/aromatic N) is 3. The van der Waals surface area contributed by atoms with Crippen LogP contribution in [-0.2, 0) is 10.0 Å². The van der Waals surface area contributed by atoms with E-state index in [1.807, 2.05) is 29.1 Å². The van der Waals surface area contributed by atoms with Crippen molar-refractivity contribution in [3.8, 4) is 17.4 Å². The smallest absolute Gasteiger partial charge is 0.261 e. The summed E-state index contributed by atoms with van der Waals surface area (Å²) < 4.78 is 48.3. The number of benzene rings is 2. The third-order valence-electron chi connectivity index (χ3n) is 4.20. The van der Waals surface area contributed by atoms with Crippen LogP contribution in [0.15, 0.2) is 78.0 Å². The molecule has 0 radical (unpaired) electrons. The Labute approximate surface area is 183 Å². The maximum Gasteiger partial charge on any atom is 0.261 e. The van der Waals surface area contributed by atoms with Crippen LogP contribution < -0.4 is 9.46 Å². The highest BCUT2D eigenvalue weighted by atomic mass is 35.5. The van der Waals surface area contributed by atoms with Gasteiger partial charge >= 0.3 is 0 Å². The van der Waals surface area contributed by atoms with Gasteiger partial charge in [0.2, 0.25) is 5.88 Å². The average molecular weight is 459 g/mol. The molecule has 4 aromatic rings. The van der Waals surface area contributed by atoms with Crippen LogP contribution in [-0.4, -0.2) is 23.0 Å². The minimum absolute atomic E-state index is 0.145. The maximum atomic E-state index is 13.3. The Kier molecular flexibility index (Phi) is 5.62. The van der Waals surface area contributed by atoms with Gasteiger partial charge in [-0.15, -0.1) is 0 Å². The van der Waals surface area contributed by atoms with Gasteiger partial charge in [-0.1, -0.05) is 11.6 Å². The van der Waals surface area contributed by atoms with Gasteiger partial charge in [0.05, 0.1) is 9.92 Å². The molecule has 2 aromatic heterocycles. The molecule has 10 heteroatoms. The lowest BCUT2D eigenvalue weighted by atomic mass is 10.3. The van der Waals surface area contributed by atoms with Crippen molar-refractivity contribution >= 4 is 27.3 Å². The number of hydrogen-bond donors (Lipinski definition) is 1. The lowest BCUT2D eigenvalue weighted by Crippen LogP contribution is -2.13. The Morgan fingerprint density at radius 2 is 1.74 bits per heavy atom. The lowest BCUT2D eigenvalue weighted by Gasteiger charge is -2.11. The number of aromatic nitrogens is 3. The minimum Gasteiger partial charge on any atom is -0.439 e. The van der Waals surface area contributed by atoms with Crippen LogP contribution in [0.3, 0.4) is 0 Å². The van der Waals surface area contributed by atoms with E-state index in [9.17, 15) is 12.8 Å². The number of aryl methyl sites for hydroxylation is 1. The molecule has 158 valence electrons. The van der Waals surface area contributed by atoms with Crippen molar-refractivity contribution in [3.05, 3.63) is 89.7 Å². The van der Waals surface area contributed by atoms with Crippen molar-refractivity contribution in [2.24, 2.45) is 0 Å². The second-order valence-corrected chi connectivity index (χ2v) is 8.60. The second-order valence-electron chi connectivity index (χ2n) is 6.51. The summed E-state index contributed by atoms with van der Waals surface area (Å²) in [5, 5.41) is -0.272. The number of halogens is 2. The van der Waals surface area contributed by atoms with Crippen molar-refractivity contribution < 1.29 is 17.5 Å². The highest BCUT2D eigenvalue weighted by molar-refractivity contribution is 7.92. The van der Waals surface area contributed by atoms with Crippen molar-refractivity contribution in [2.45, 2.75) is 11.8 Å². The van der Waals surface area contributed by atoms with Crippen molar-refractivity contribution in [1.82, 2.24) is 14.5 Å². The Hall–Kier alpha value is -3.43. The first-order valence-corrected chi connectivity index (χ1v) is 10.9. The number of hydrogen-bond acceptors (Lipinski definition) is 5. The zero-order valence-corrected chi connectivity index (χ0v) is 17.7. The Balaban J connectivity index is 1.50. The highest BCUT2D eigenvalue weighted by Gasteiger charge is 2.16. The van der Waals surface area contributed by atoms with Gasteiger partial charge in [0.15, 0.2) is 0 Å². The van der Waals surface area contributed by atoms with E-state index in [0.29, 0.717) is 29.0 Å². The predicted molar refractivity (Wildman–Crippen MR) is 115 cm³/mol. The molecule has 0 bridgehead atoms. The van der Waals surface area contributed by atoms with Crippen LogP contribution in [0.4, 0.5) is 10.1 Å². The largest absolute Gasteiger partial charge is 0.439 e. The van der Waals surface area contributed by atoms with Crippen molar-refractivity contribution in [1.29, 1.82) is 0 Å². The van der Waals surface area contributed by atoms with Gasteiger partial charge in [0, 0.05) is 24.1 Å². The molecule has 2 heterocycles. The van der Waals surface area contributed by atoms with E-state index in [1.54, 1.807) is 37.3 Å². The molecule has 2 aromatic carbocycles. The first-order valence-electron chi connectivity index (χ1n) is 9.05. The molecule has 1 N–H and O–H groups in total. The molecule has 0 spiro atoms. The van der Waals surface area contributed by atoms with Gasteiger partial charge in [0.25, 0.3) is 10.0 Å². The molecule has 0 atom stereocenters. The van der Waals surface area contributed by atoms with E-state index in [-0.39, 0.29) is 9.92 Å². The summed E-state index contributed by atoms with van der Waals surface area (Å²) >= 11 is 5.68. The van der Waals surface area contributed by atoms with Crippen LogP contribution in [0.2, 0.25) is 5.02 Å². The van der Waals surface area contributed by atoms with Gasteiger partial charge in [0.1, 0.15) is 23.2 Å². The summed E-state index contributed by atoms with van der Waals surface area (Å²) in [5.74, 6) is 1.33. The second kappa shape index (κ2) is 8.37. The van der Waals surface area contributed by atoms with E-state index in [2.05, 4.69) is 14.7 Å². The third-order valence-corrected chi connectivity index (χ3v) is 5.87. The number of sulfonamides is 1. The molecule has 0 saturated carbocycles. The summed E-state index contributed by atoms with van der Waals surface area (Å²) in [5.41, 5.74) is 0.305. The Morgan fingerprint density at radius 1 is 1.03 bits per heavy atom. The van der Waals surface area contributed by atoms with Crippen LogP contribution in [0.1, 0.15) is 5.82 Å². The number of rotatable bonds is 6. The van der Waals surface area contributed by atoms with E-state index in [0.717, 1.165) is 18.2 Å². The van der Waals surface area contributed by atoms with E-state index < -0.39 is 15.8 Å². The number of nitrogens with one attached hydrogen (secondary N) is 1. The molecular formula is C21H16ClFN4O3S. The zero-order valence-electron chi connectivity index (χ0n) is 16.2. The number of ether oxygens (including phenoxy) is 1. The average Bonchev–Trinajstić information content (AvgIpc) is 3.26. The lowest BCUT2D eigenvalue weighted by molar-refractivity contribution is 0.459. The zero-order chi connectivity index (χ0) is 22.0. The summed E-state index contributed by atoms with van der Waals surface area (Å²) in [6, 6.07) is 14.9. The SMILES string of the molecule is Cc1nc(Oc2ccc(NS(=O)(=O)c3ccc(F)c(Cl)c3)cc2)cc(-n2cccc2)n1. The van der Waals surface area contributed by atoms with Crippen molar-refractivity contribution in [3.63, 3.8) is 0 Å². The summed E-state index contributed by atoms with van der Waals surface area (Å²) in [4.78, 5) is 8.50. The molecule has 0 fully saturated rings. The monoisotopic (exact) mass is 458 g/mol. The fourth-order valence-electron chi connectivity index (χ4n) is 2.77. The van der Waals surface area contributed by atoms with Crippen LogP contribution in [0.5, 0.6) is 11.6 Å². The molecule has 0 aliphatic heterocycles. The number of anilines is 1. The summed E-state index contributed by atoms with van der Waals surface area (Å²) in [7, 11) is -3.93. The van der Waals surface area contributed by atoms with E-state index >= 15 is 0 Å². The molecule has 0 amide bonds. The molecule has 4 rings (SSSR count). The van der Waals surface area contributed by atoms with E-state index in [4.69, 9.17) is 16.3 Å². The normalized spacial score (nSPS) is 11.3. The molecule has 31 heavy (non-hydrogen) atoms. The fraction of sp³-hybridized carbons (Fsp3) is 0.0476. The van der Waals surface area contributed by atoms with Crippen LogP contribution >= 0.6 is 11.6 Å². The first-order chi connectivity index (χ1) is 14.8. The molecule has 0 aliphatic rings. The highest BCUT2D eigenvalue weighted by Crippen LogP contribution is 2.25. The van der Waals surface area contributed by atoms with Gasteiger partial charge < -0.3 is 9.30 Å². The standard InChI is InChI=1S/C21H16ClFN4O3S/c1-14-24-20(27-10-2-3-11-27)13-21(25-14)30-16-6-4-15(5-7-16)26-31(28,29)17-8-9-19(23)18(22)12-17/h2-13,26H,1H3. The van der Waals surface area contributed by atoms with Crippen LogP contribution in [0, 0.1) is 12.7 Å². The quantitative estimate of drug-likeness (QED) is 0.441. The molecule has 0 unspecified atom stereocenters. The molecule has 7 nitrogen and oxygen atoms in total. The van der Waals surface area contributed by atoms with Gasteiger partial charge in [-0.3, -0.25) is 4.72 Å². The maximum absolute atomic E-state index is 13.3. The van der Waals surface area contributed by atoms with E-state index in [1.165, 1.54) is 0 Å². The molecule has 0 aliphatic carbocycles. The Morgan fingerprint density at radius 3 is 2.42 bits per heavy atom. The summed E-state index contributed by atoms with van der Waals surface area (Å²) in [6.45, 7) is 1.76. The minimum atomic E-state index is -3.93. The summed E-state index contributed by atoms with van der Waals surface area (Å²) in [6.07, 6.45) is 3.72. The molecule has 0 saturated heterocycles. The first kappa shape index (κ1) is 20.8. The van der Waals surface area contributed by atoms with Gasteiger partial charge in [-0.05, 0) is 61.5 Å². The molecular weight excluding hydrogens is 443 g/mol. The van der Waals surface area contributed by atoms with Gasteiger partial charge in [-0.25, -0.2) is 17.8 Å².